The summed E-state index contributed by atoms with van der Waals surface area (Å²) in [6, 6.07) is 26.9. The molecule has 0 saturated carbocycles. The van der Waals surface area contributed by atoms with Crippen LogP contribution in [-0.4, -0.2) is 102 Å². The maximum atomic E-state index is 13.2. The number of ketones is 2. The van der Waals surface area contributed by atoms with Crippen molar-refractivity contribution in [1.82, 2.24) is 0 Å². The number of fused-ring (bicyclic) bond motifs is 2. The van der Waals surface area contributed by atoms with Gasteiger partial charge in [0, 0.05) is 42.9 Å². The number of aromatic carboxylic acids is 1. The molecule has 1 unspecified atom stereocenters. The average Bonchev–Trinajstić information content (AvgIpc) is 3.38. The number of benzene rings is 4. The number of carbonyl (C=O) groups excluding carboxylic acids is 2. The number of carbonyl (C=O) groups is 3. The van der Waals surface area contributed by atoms with Crippen molar-refractivity contribution >= 4 is 23.6 Å². The molecule has 0 radical (unpaired) electrons. The van der Waals surface area contributed by atoms with Gasteiger partial charge in [0.1, 0.15) is 43.2 Å². The molecule has 75 heavy (non-hydrogen) atoms. The monoisotopic (exact) mass is 1050 g/mol. The standard InChI is InChI=1S/C28H32O2.C9H15FO3.C8H7F.C7H5FO2.C7H15FO2.3CH4/c1-2-3-4-5-6-15-25(29)16-11-18-28(30)27-21-24-14-8-7-12-22(24)19-20-23-13-9-10-17-26(23)27;1-2-4-11-6-8-13-9-7-12-5-3-10;1-2-7-3-5-8(9)6-4-7;8-6-3-1-5(2-4-6)7(9)10;1-2-4-9-6-7-10-5-3-8;;;/h7-10,12-14,17,27H,2-6,11,15-16,18,21H2,1H3;1H,3-9H2;2-6H,1H2;1-4H,(H,9,10);2-7H2,1H3;3*1H4/i;10-1;9-1;2*8-1;;;. The van der Waals surface area contributed by atoms with Crippen LogP contribution in [-0.2, 0) is 39.7 Å². The van der Waals surface area contributed by atoms with Crippen LogP contribution in [0.1, 0.15) is 144 Å². The number of Topliss-reactive ketones (excluding diaryl/α,β-unsaturated/α-hetero) is 2. The smallest absolute Gasteiger partial charge is 0.335 e. The van der Waals surface area contributed by atoms with E-state index in [4.69, 9.17) is 35.2 Å². The van der Waals surface area contributed by atoms with Crippen molar-refractivity contribution in [1.29, 1.82) is 0 Å². The number of carboxylic acids is 1. The third-order valence-electron chi connectivity index (χ3n) is 10.2. The molecular weight excluding hydrogens is 961 g/mol. The van der Waals surface area contributed by atoms with Crippen molar-refractivity contribution < 1.29 is 60.7 Å². The lowest BCUT2D eigenvalue weighted by atomic mass is 9.82. The van der Waals surface area contributed by atoms with E-state index in [-0.39, 0.29) is 58.6 Å². The van der Waals surface area contributed by atoms with E-state index < -0.39 is 25.1 Å². The number of hydrogen-bond donors (Lipinski definition) is 1. The van der Waals surface area contributed by atoms with E-state index in [1.165, 1.54) is 43.5 Å². The maximum absolute atomic E-state index is 13.2. The van der Waals surface area contributed by atoms with Gasteiger partial charge in [-0.3, -0.25) is 9.59 Å². The Morgan fingerprint density at radius 3 is 1.67 bits per heavy atom. The second-order valence-corrected chi connectivity index (χ2v) is 15.9. The largest absolute Gasteiger partial charge is 0.478 e. The van der Waals surface area contributed by atoms with Gasteiger partial charge in [0.15, 0.2) is 0 Å². The number of carboxylic acid groups (broad SMARTS) is 1. The summed E-state index contributed by atoms with van der Waals surface area (Å²) in [6.07, 6.45) is 16.4. The van der Waals surface area contributed by atoms with Crippen LogP contribution >= 0.6 is 0 Å². The zero-order valence-corrected chi connectivity index (χ0v) is 42.2. The van der Waals surface area contributed by atoms with E-state index in [0.717, 1.165) is 65.8 Å². The Hall–Kier alpha value is -5.93. The van der Waals surface area contributed by atoms with E-state index >= 15 is 0 Å². The molecule has 0 bridgehead atoms. The highest BCUT2D eigenvalue weighted by molar-refractivity contribution is 5.88. The van der Waals surface area contributed by atoms with Crippen molar-refractivity contribution in [2.75, 3.05) is 79.4 Å². The molecule has 9 nitrogen and oxygen atoms in total. The molecule has 416 valence electrons. The second-order valence-electron chi connectivity index (χ2n) is 15.9. The second kappa shape index (κ2) is 50.2. The lowest BCUT2D eigenvalue weighted by molar-refractivity contribution is -0.121. The minimum absolute atomic E-state index is 0. The summed E-state index contributed by atoms with van der Waals surface area (Å²) in [5, 5.41) is 8.35. The van der Waals surface area contributed by atoms with E-state index in [1.807, 2.05) is 49.4 Å². The summed E-state index contributed by atoms with van der Waals surface area (Å²) < 4.78 is 72.0. The first-order valence-corrected chi connectivity index (χ1v) is 24.6. The van der Waals surface area contributed by atoms with E-state index in [1.54, 1.807) is 18.2 Å². The predicted molar refractivity (Wildman–Crippen MR) is 298 cm³/mol. The normalized spacial score (nSPS) is 11.2. The summed E-state index contributed by atoms with van der Waals surface area (Å²) >= 11 is 0. The van der Waals surface area contributed by atoms with Crippen molar-refractivity contribution in [3.63, 3.8) is 0 Å². The third kappa shape index (κ3) is 37.5. The Kier molecular flexibility index (Phi) is 49.1. The molecule has 1 aliphatic carbocycles. The topological polar surface area (TPSA) is 118 Å². The highest BCUT2D eigenvalue weighted by Crippen LogP contribution is 2.29. The van der Waals surface area contributed by atoms with Crippen molar-refractivity contribution in [3.8, 4) is 24.2 Å². The van der Waals surface area contributed by atoms with Crippen LogP contribution in [0.5, 0.6) is 0 Å². The Labute approximate surface area is 447 Å². The van der Waals surface area contributed by atoms with Gasteiger partial charge < -0.3 is 28.8 Å². The van der Waals surface area contributed by atoms with Crippen LogP contribution in [0.4, 0.5) is 17.6 Å². The molecule has 4 aromatic rings. The zero-order chi connectivity index (χ0) is 52.9. The van der Waals surface area contributed by atoms with Crippen LogP contribution in [0, 0.1) is 35.8 Å². The highest BCUT2D eigenvalue weighted by Gasteiger charge is 2.25. The first-order valence-electron chi connectivity index (χ1n) is 24.6. The maximum Gasteiger partial charge on any atom is 0.335 e. The fourth-order valence-corrected chi connectivity index (χ4v) is 6.51. The number of halogens is 4. The van der Waals surface area contributed by atoms with Gasteiger partial charge >= 0.3 is 5.97 Å². The number of ether oxygens (including phenoxy) is 5. The number of unbranched alkanes of at least 4 members (excludes halogenated alkanes) is 4. The molecule has 0 fully saturated rings. The summed E-state index contributed by atoms with van der Waals surface area (Å²) in [7, 11) is 0. The molecule has 0 amide bonds. The lowest BCUT2D eigenvalue weighted by Gasteiger charge is -2.20. The van der Waals surface area contributed by atoms with E-state index in [9.17, 15) is 31.9 Å². The zero-order valence-electron chi connectivity index (χ0n) is 42.2. The van der Waals surface area contributed by atoms with E-state index in [2.05, 4.69) is 37.3 Å². The van der Waals surface area contributed by atoms with Gasteiger partial charge in [-0.25, -0.2) is 22.4 Å². The molecule has 0 aromatic heterocycles. The average molecular weight is 1050 g/mol. The fraction of sp³-hybridized carbons (Fsp3) is 0.468. The van der Waals surface area contributed by atoms with Crippen LogP contribution in [0.15, 0.2) is 104 Å². The summed E-state index contributed by atoms with van der Waals surface area (Å²) in [5.41, 5.74) is 5.13. The van der Waals surface area contributed by atoms with Crippen LogP contribution in [0.25, 0.3) is 6.08 Å². The molecule has 0 heterocycles. The molecular formula is C62H86F4O9. The molecule has 5 rings (SSSR count). The number of rotatable bonds is 29. The first-order chi connectivity index (χ1) is 35.0. The molecule has 1 aliphatic rings. The Morgan fingerprint density at radius 2 is 1.12 bits per heavy atom. The Morgan fingerprint density at radius 1 is 0.627 bits per heavy atom. The van der Waals surface area contributed by atoms with Gasteiger partial charge in [0.05, 0.1) is 58.4 Å². The quantitative estimate of drug-likeness (QED) is 0.0322. The molecule has 0 saturated heterocycles. The van der Waals surface area contributed by atoms with Crippen LogP contribution < -0.4 is 0 Å². The van der Waals surface area contributed by atoms with Gasteiger partial charge in [-0.15, -0.1) is 6.42 Å². The van der Waals surface area contributed by atoms with Crippen molar-refractivity contribution in [3.05, 3.63) is 149 Å². The van der Waals surface area contributed by atoms with Crippen molar-refractivity contribution in [2.45, 2.75) is 113 Å². The predicted octanol–water partition coefficient (Wildman–Crippen LogP) is 14.3. The van der Waals surface area contributed by atoms with Gasteiger partial charge in [0.25, 0.3) is 0 Å². The van der Waals surface area contributed by atoms with E-state index in [0.29, 0.717) is 84.1 Å². The summed E-state index contributed by atoms with van der Waals surface area (Å²) in [4.78, 5) is 35.5. The number of hydrogen-bond acceptors (Lipinski definition) is 8. The third-order valence-corrected chi connectivity index (χ3v) is 10.2. The minimum atomic E-state index is -1.04. The minimum Gasteiger partial charge on any atom is -0.478 e. The molecule has 0 spiro atoms. The van der Waals surface area contributed by atoms with Gasteiger partial charge in [0.2, 0.25) is 0 Å². The number of terminal acetylenes is 1. The van der Waals surface area contributed by atoms with Crippen LogP contribution in [0.2, 0.25) is 0 Å². The lowest BCUT2D eigenvalue weighted by Crippen LogP contribution is -2.18. The first kappa shape index (κ1) is 73.3. The van der Waals surface area contributed by atoms with Crippen LogP contribution in [0.3, 0.4) is 0 Å². The van der Waals surface area contributed by atoms with Gasteiger partial charge in [-0.2, -0.15) is 0 Å². The SMILES string of the molecule is C.C.C.C#CCOCCOCCOCC[18F].C=Cc1ccc([18F])cc1.CCCCCCCC(=O)CCCC(=O)C1Cc2ccccc2C#Cc2ccccc21.CCCOCCOCC[18F].O=C(O)c1ccc([18F])cc1. The molecule has 0 aliphatic heterocycles. The molecule has 1 atom stereocenters. The van der Waals surface area contributed by atoms with Gasteiger partial charge in [-0.1, -0.05) is 141 Å². The van der Waals surface area contributed by atoms with Gasteiger partial charge in [-0.05, 0) is 90.9 Å². The highest BCUT2D eigenvalue weighted by atomic mass is 18.2. The molecule has 13 heteroatoms. The molecule has 1 N–H and O–H groups in total. The molecule has 4 aromatic carbocycles. The summed E-state index contributed by atoms with van der Waals surface area (Å²) in [6.45, 7) is 11.2. The fourth-order valence-electron chi connectivity index (χ4n) is 6.51. The number of alkyl halides is 2. The summed E-state index contributed by atoms with van der Waals surface area (Å²) in [5.74, 6) is 7.52. The Balaban J connectivity index is -0.000000960. The Bertz CT molecular complexity index is 2150. The van der Waals surface area contributed by atoms with Crippen molar-refractivity contribution in [2.24, 2.45) is 0 Å².